The molecule has 4 aromatic rings. The summed E-state index contributed by atoms with van der Waals surface area (Å²) in [5.41, 5.74) is 3.75. The molecule has 0 aliphatic carbocycles. The zero-order valence-electron chi connectivity index (χ0n) is 17.9. The topological polar surface area (TPSA) is 71.6 Å². The van der Waals surface area contributed by atoms with Gasteiger partial charge in [0.05, 0.1) is 18.4 Å². The van der Waals surface area contributed by atoms with Crippen LogP contribution in [0.15, 0.2) is 65.6 Å². The maximum atomic E-state index is 13.8. The summed E-state index contributed by atoms with van der Waals surface area (Å²) in [7, 11) is 0. The second-order valence-electron chi connectivity index (χ2n) is 8.60. The molecule has 1 saturated heterocycles. The van der Waals surface area contributed by atoms with E-state index in [1.54, 1.807) is 12.5 Å². The van der Waals surface area contributed by atoms with Gasteiger partial charge in [0.2, 0.25) is 0 Å². The number of pyridine rings is 1. The fraction of sp³-hybridized carbons (Fsp3) is 0.240. The van der Waals surface area contributed by atoms with Crippen LogP contribution in [-0.2, 0) is 12.2 Å². The van der Waals surface area contributed by atoms with E-state index in [0.29, 0.717) is 30.9 Å². The second-order valence-corrected chi connectivity index (χ2v) is 8.60. The second kappa shape index (κ2) is 6.56. The van der Waals surface area contributed by atoms with Crippen molar-refractivity contribution in [3.63, 3.8) is 0 Å². The first-order chi connectivity index (χ1) is 15.5. The minimum Gasteiger partial charge on any atom is -0.471 e. The van der Waals surface area contributed by atoms with Crippen LogP contribution < -0.4 is 0 Å². The van der Waals surface area contributed by atoms with Crippen molar-refractivity contribution in [2.45, 2.75) is 26.1 Å². The van der Waals surface area contributed by atoms with E-state index in [1.165, 1.54) is 6.26 Å². The van der Waals surface area contributed by atoms with Gasteiger partial charge in [0.25, 0.3) is 11.8 Å². The highest BCUT2D eigenvalue weighted by Crippen LogP contribution is 2.44. The Labute approximate surface area is 184 Å². The normalized spacial score (nSPS) is 20.0. The van der Waals surface area contributed by atoms with E-state index in [9.17, 15) is 9.59 Å². The molecule has 0 N–H and O–H groups in total. The van der Waals surface area contributed by atoms with Crippen molar-refractivity contribution >= 4 is 22.8 Å². The lowest BCUT2D eigenvalue weighted by atomic mass is 9.93. The van der Waals surface area contributed by atoms with Gasteiger partial charge in [-0.05, 0) is 43.2 Å². The van der Waals surface area contributed by atoms with Crippen molar-refractivity contribution < 1.29 is 14.0 Å². The Morgan fingerprint density at radius 2 is 1.91 bits per heavy atom. The summed E-state index contributed by atoms with van der Waals surface area (Å²) in [5.74, 6) is -0.228. The highest BCUT2D eigenvalue weighted by Gasteiger charge is 2.56. The lowest BCUT2D eigenvalue weighted by Crippen LogP contribution is -2.60. The number of aromatic nitrogens is 2. The summed E-state index contributed by atoms with van der Waals surface area (Å²) in [6.07, 6.45) is 4.80. The zero-order chi connectivity index (χ0) is 22.0. The molecule has 1 aromatic carbocycles. The number of benzene rings is 1. The van der Waals surface area contributed by atoms with Crippen LogP contribution in [0.25, 0.3) is 11.0 Å². The van der Waals surface area contributed by atoms with Gasteiger partial charge in [-0.15, -0.1) is 0 Å². The first-order valence-electron chi connectivity index (χ1n) is 10.7. The maximum absolute atomic E-state index is 13.8. The van der Waals surface area contributed by atoms with E-state index in [1.807, 2.05) is 70.7 Å². The number of hydrogen-bond acceptors (Lipinski definition) is 4. The van der Waals surface area contributed by atoms with Crippen LogP contribution in [-0.4, -0.2) is 44.3 Å². The van der Waals surface area contributed by atoms with E-state index in [-0.39, 0.29) is 11.8 Å². The van der Waals surface area contributed by atoms with Crippen molar-refractivity contribution in [1.29, 1.82) is 0 Å². The molecule has 160 valence electrons. The van der Waals surface area contributed by atoms with Crippen molar-refractivity contribution in [2.24, 2.45) is 0 Å². The molecule has 1 atom stereocenters. The predicted molar refractivity (Wildman–Crippen MR) is 118 cm³/mol. The molecule has 5 heterocycles. The fourth-order valence-electron chi connectivity index (χ4n) is 5.16. The SMILES string of the molecule is Cc1ccc(C23Cn4c(cc5cccnc54)C(=O)N2CCN3C(=O)c2cocc2C)cc1. The van der Waals surface area contributed by atoms with Gasteiger partial charge >= 0.3 is 0 Å². The number of rotatable bonds is 2. The third kappa shape index (κ3) is 2.39. The largest absolute Gasteiger partial charge is 0.471 e. The summed E-state index contributed by atoms with van der Waals surface area (Å²) in [5, 5.41) is 0.916. The Morgan fingerprint density at radius 3 is 2.66 bits per heavy atom. The summed E-state index contributed by atoms with van der Waals surface area (Å²) >= 11 is 0. The van der Waals surface area contributed by atoms with Crippen molar-refractivity contribution in [2.75, 3.05) is 13.1 Å². The number of nitrogens with zero attached hydrogens (tertiary/aromatic N) is 4. The molecule has 0 saturated carbocycles. The zero-order valence-corrected chi connectivity index (χ0v) is 17.9. The number of fused-ring (bicyclic) bond motifs is 4. The molecule has 0 radical (unpaired) electrons. The van der Waals surface area contributed by atoms with Gasteiger partial charge in [0.15, 0.2) is 5.66 Å². The molecule has 1 fully saturated rings. The minimum atomic E-state index is -0.942. The highest BCUT2D eigenvalue weighted by atomic mass is 16.3. The number of hydrogen-bond donors (Lipinski definition) is 0. The Bertz CT molecular complexity index is 1380. The fourth-order valence-corrected chi connectivity index (χ4v) is 5.16. The summed E-state index contributed by atoms with van der Waals surface area (Å²) in [4.78, 5) is 35.7. The lowest BCUT2D eigenvalue weighted by Gasteiger charge is -2.47. The Morgan fingerprint density at radius 1 is 1.09 bits per heavy atom. The first-order valence-corrected chi connectivity index (χ1v) is 10.7. The van der Waals surface area contributed by atoms with Crippen molar-refractivity contribution in [1.82, 2.24) is 19.4 Å². The third-order valence-corrected chi connectivity index (χ3v) is 6.78. The van der Waals surface area contributed by atoms with Gasteiger partial charge in [0.1, 0.15) is 17.6 Å². The minimum absolute atomic E-state index is 0.0889. The van der Waals surface area contributed by atoms with Crippen LogP contribution >= 0.6 is 0 Å². The summed E-state index contributed by atoms with van der Waals surface area (Å²) < 4.78 is 7.26. The van der Waals surface area contributed by atoms with Crippen molar-refractivity contribution in [3.8, 4) is 0 Å². The van der Waals surface area contributed by atoms with Gasteiger partial charge < -0.3 is 18.8 Å². The van der Waals surface area contributed by atoms with Crippen LogP contribution in [0.5, 0.6) is 0 Å². The Kier molecular flexibility index (Phi) is 3.87. The van der Waals surface area contributed by atoms with E-state index in [0.717, 1.165) is 27.7 Å². The molecule has 0 spiro atoms. The molecule has 0 bridgehead atoms. The van der Waals surface area contributed by atoms with Crippen LogP contribution in [0.4, 0.5) is 0 Å². The number of amides is 2. The molecule has 6 rings (SSSR count). The molecule has 3 aromatic heterocycles. The van der Waals surface area contributed by atoms with Crippen LogP contribution in [0.3, 0.4) is 0 Å². The van der Waals surface area contributed by atoms with Gasteiger partial charge in [-0.3, -0.25) is 9.59 Å². The van der Waals surface area contributed by atoms with Crippen LogP contribution in [0.1, 0.15) is 37.5 Å². The van der Waals surface area contributed by atoms with Crippen LogP contribution in [0, 0.1) is 13.8 Å². The molecule has 2 amide bonds. The van der Waals surface area contributed by atoms with E-state index in [2.05, 4.69) is 4.98 Å². The average molecular weight is 426 g/mol. The molecular formula is C25H22N4O3. The predicted octanol–water partition coefficient (Wildman–Crippen LogP) is 3.71. The molecule has 32 heavy (non-hydrogen) atoms. The quantitative estimate of drug-likeness (QED) is 0.490. The summed E-state index contributed by atoms with van der Waals surface area (Å²) in [6.45, 7) is 5.21. The Balaban J connectivity index is 1.59. The van der Waals surface area contributed by atoms with Crippen molar-refractivity contribution in [3.05, 3.63) is 89.1 Å². The maximum Gasteiger partial charge on any atom is 0.272 e. The van der Waals surface area contributed by atoms with Gasteiger partial charge in [-0.25, -0.2) is 4.98 Å². The molecule has 2 aliphatic rings. The number of aryl methyl sites for hydroxylation is 2. The third-order valence-electron chi connectivity index (χ3n) is 6.78. The average Bonchev–Trinajstić information content (AvgIpc) is 3.50. The highest BCUT2D eigenvalue weighted by molar-refractivity contribution is 6.01. The molecule has 1 unspecified atom stereocenters. The number of carbonyl (C=O) groups excluding carboxylic acids is 2. The molecular weight excluding hydrogens is 404 g/mol. The monoisotopic (exact) mass is 426 g/mol. The van der Waals surface area contributed by atoms with E-state index >= 15 is 0 Å². The smallest absolute Gasteiger partial charge is 0.272 e. The van der Waals surface area contributed by atoms with E-state index in [4.69, 9.17) is 4.42 Å². The number of carbonyl (C=O) groups is 2. The molecule has 2 aliphatic heterocycles. The van der Waals surface area contributed by atoms with E-state index < -0.39 is 5.66 Å². The molecule has 7 nitrogen and oxygen atoms in total. The first kappa shape index (κ1) is 18.9. The molecule has 7 heteroatoms. The standard InChI is InChI=1S/C25H22N4O3/c1-16-5-7-19(8-6-16)25-15-27-21(12-18-4-3-9-26-22(18)27)24(31)29(25)11-10-28(25)23(30)20-14-32-13-17(20)2/h3-9,12-14H,10-11,15H2,1-2H3. The lowest BCUT2D eigenvalue weighted by molar-refractivity contribution is -0.00529. The van der Waals surface area contributed by atoms with Crippen LogP contribution in [0.2, 0.25) is 0 Å². The number of furan rings is 1. The van der Waals surface area contributed by atoms with Gasteiger partial charge in [-0.2, -0.15) is 0 Å². The van der Waals surface area contributed by atoms with Gasteiger partial charge in [-0.1, -0.05) is 29.8 Å². The Hall–Kier alpha value is -3.87. The van der Waals surface area contributed by atoms with Gasteiger partial charge in [0, 0.05) is 24.7 Å². The summed E-state index contributed by atoms with van der Waals surface area (Å²) in [6, 6.07) is 13.8.